The summed E-state index contributed by atoms with van der Waals surface area (Å²) in [5.74, 6) is 1.10. The predicted molar refractivity (Wildman–Crippen MR) is 118 cm³/mol. The van der Waals surface area contributed by atoms with E-state index < -0.39 is 10.0 Å². The van der Waals surface area contributed by atoms with Crippen molar-refractivity contribution in [2.75, 3.05) is 32.5 Å². The molecule has 7 nitrogen and oxygen atoms in total. The average Bonchev–Trinajstić information content (AvgIpc) is 2.73. The van der Waals surface area contributed by atoms with E-state index in [1.54, 1.807) is 4.31 Å². The second-order valence-corrected chi connectivity index (χ2v) is 11.0. The van der Waals surface area contributed by atoms with Gasteiger partial charge in [0.05, 0.1) is 11.9 Å². The minimum atomic E-state index is -3.09. The number of nitrogens with zero attached hydrogens (tertiary/aromatic N) is 2. The Hall–Kier alpha value is -0.860. The van der Waals surface area contributed by atoms with Gasteiger partial charge >= 0.3 is 0 Å². The van der Waals surface area contributed by atoms with E-state index >= 15 is 0 Å². The molecule has 3 fully saturated rings. The summed E-state index contributed by atoms with van der Waals surface area (Å²) < 4.78 is 32.3. The standard InChI is InChI=1S/C21H40N4O3S/c1-4-15-29(26,27)25-13-9-17(10-14-25)23-20(22-3)24-18-16-19(28-5-2)21(18)11-7-6-8-12-21/h17-19H,4-16H2,1-3H3,(H2,22,23,24). The van der Waals surface area contributed by atoms with E-state index in [2.05, 4.69) is 22.5 Å². The highest BCUT2D eigenvalue weighted by Crippen LogP contribution is 2.53. The quantitative estimate of drug-likeness (QED) is 0.481. The molecule has 2 atom stereocenters. The molecule has 2 aliphatic carbocycles. The molecule has 3 rings (SSSR count). The first kappa shape index (κ1) is 22.8. The van der Waals surface area contributed by atoms with Crippen LogP contribution in [0.25, 0.3) is 0 Å². The van der Waals surface area contributed by atoms with Gasteiger partial charge in [0, 0.05) is 44.2 Å². The minimum absolute atomic E-state index is 0.249. The van der Waals surface area contributed by atoms with E-state index in [1.165, 1.54) is 32.1 Å². The lowest BCUT2D eigenvalue weighted by atomic mass is 9.55. The lowest BCUT2D eigenvalue weighted by Gasteiger charge is -2.58. The van der Waals surface area contributed by atoms with Gasteiger partial charge in [-0.1, -0.05) is 26.2 Å². The zero-order chi connectivity index (χ0) is 20.9. The summed E-state index contributed by atoms with van der Waals surface area (Å²) in [4.78, 5) is 4.47. The number of rotatable bonds is 7. The number of aliphatic imine (C=N–C) groups is 1. The molecule has 0 radical (unpaired) electrons. The molecule has 1 heterocycles. The third kappa shape index (κ3) is 5.07. The molecule has 0 bridgehead atoms. The molecule has 2 unspecified atom stereocenters. The van der Waals surface area contributed by atoms with Crippen LogP contribution in [-0.2, 0) is 14.8 Å². The van der Waals surface area contributed by atoms with Crippen LogP contribution in [0.15, 0.2) is 4.99 Å². The van der Waals surface area contributed by atoms with Crippen LogP contribution in [0, 0.1) is 5.41 Å². The number of ether oxygens (including phenoxy) is 1. The van der Waals surface area contributed by atoms with Crippen molar-refractivity contribution in [1.82, 2.24) is 14.9 Å². The Morgan fingerprint density at radius 1 is 1.14 bits per heavy atom. The molecule has 8 heteroatoms. The van der Waals surface area contributed by atoms with Crippen LogP contribution in [0.3, 0.4) is 0 Å². The number of hydrogen-bond donors (Lipinski definition) is 2. The van der Waals surface area contributed by atoms with Gasteiger partial charge in [0.1, 0.15) is 0 Å². The van der Waals surface area contributed by atoms with Crippen molar-refractivity contribution >= 4 is 16.0 Å². The fraction of sp³-hybridized carbons (Fsp3) is 0.952. The van der Waals surface area contributed by atoms with Gasteiger partial charge in [0.2, 0.25) is 10.0 Å². The van der Waals surface area contributed by atoms with Crippen LogP contribution in [0.1, 0.15) is 71.6 Å². The number of hydrogen-bond acceptors (Lipinski definition) is 4. The second kappa shape index (κ2) is 9.96. The molecule has 0 aromatic rings. The molecule has 3 aliphatic rings. The molecule has 168 valence electrons. The number of piperidine rings is 1. The van der Waals surface area contributed by atoms with Crippen LogP contribution in [-0.4, -0.2) is 69.4 Å². The van der Waals surface area contributed by atoms with Crippen LogP contribution < -0.4 is 10.6 Å². The van der Waals surface area contributed by atoms with E-state index in [9.17, 15) is 8.42 Å². The zero-order valence-corrected chi connectivity index (χ0v) is 19.3. The Labute approximate surface area is 177 Å². The van der Waals surface area contributed by atoms with Gasteiger partial charge in [-0.25, -0.2) is 12.7 Å². The lowest BCUT2D eigenvalue weighted by molar-refractivity contribution is -0.145. The molecule has 2 N–H and O–H groups in total. The largest absolute Gasteiger partial charge is 0.378 e. The van der Waals surface area contributed by atoms with E-state index in [-0.39, 0.29) is 17.2 Å². The Morgan fingerprint density at radius 3 is 2.41 bits per heavy atom. The average molecular weight is 429 g/mol. The van der Waals surface area contributed by atoms with Crippen molar-refractivity contribution in [2.45, 2.75) is 89.8 Å². The van der Waals surface area contributed by atoms with Gasteiger partial charge < -0.3 is 15.4 Å². The number of guanidine groups is 1. The third-order valence-electron chi connectivity index (χ3n) is 7.12. The van der Waals surface area contributed by atoms with Crippen molar-refractivity contribution in [3.63, 3.8) is 0 Å². The van der Waals surface area contributed by atoms with E-state index in [1.807, 2.05) is 14.0 Å². The van der Waals surface area contributed by atoms with Crippen molar-refractivity contribution in [2.24, 2.45) is 10.4 Å². The maximum absolute atomic E-state index is 12.3. The maximum Gasteiger partial charge on any atom is 0.214 e. The van der Waals surface area contributed by atoms with Crippen LogP contribution in [0.2, 0.25) is 0 Å². The third-order valence-corrected chi connectivity index (χ3v) is 9.20. The van der Waals surface area contributed by atoms with Crippen molar-refractivity contribution < 1.29 is 13.2 Å². The maximum atomic E-state index is 12.3. The molecule has 1 aliphatic heterocycles. The Morgan fingerprint density at radius 2 is 1.83 bits per heavy atom. The predicted octanol–water partition coefficient (Wildman–Crippen LogP) is 2.48. The molecule has 2 saturated carbocycles. The summed E-state index contributed by atoms with van der Waals surface area (Å²) in [6, 6.07) is 0.676. The number of sulfonamides is 1. The Bertz CT molecular complexity index is 653. The van der Waals surface area contributed by atoms with Gasteiger partial charge in [-0.3, -0.25) is 4.99 Å². The Balaban J connectivity index is 1.53. The molecule has 1 spiro atoms. The fourth-order valence-electron chi connectivity index (χ4n) is 5.46. The summed E-state index contributed by atoms with van der Waals surface area (Å²) in [7, 11) is -1.27. The van der Waals surface area contributed by atoms with E-state index in [0.29, 0.717) is 31.7 Å². The summed E-state index contributed by atoms with van der Waals surface area (Å²) >= 11 is 0. The van der Waals surface area contributed by atoms with Crippen molar-refractivity contribution in [3.8, 4) is 0 Å². The summed E-state index contributed by atoms with van der Waals surface area (Å²) in [5.41, 5.74) is 0.253. The molecular weight excluding hydrogens is 388 g/mol. The number of nitrogens with one attached hydrogen (secondary N) is 2. The first-order chi connectivity index (χ1) is 13.9. The van der Waals surface area contributed by atoms with Gasteiger partial charge in [0.25, 0.3) is 0 Å². The van der Waals surface area contributed by atoms with Gasteiger partial charge in [-0.2, -0.15) is 0 Å². The molecule has 1 saturated heterocycles. The summed E-state index contributed by atoms with van der Waals surface area (Å²) in [6.07, 6.45) is 10.1. The molecular formula is C21H40N4O3S. The molecule has 29 heavy (non-hydrogen) atoms. The summed E-state index contributed by atoms with van der Waals surface area (Å²) in [5, 5.41) is 7.24. The summed E-state index contributed by atoms with van der Waals surface area (Å²) in [6.45, 7) is 5.97. The van der Waals surface area contributed by atoms with Crippen LogP contribution in [0.4, 0.5) is 0 Å². The van der Waals surface area contributed by atoms with Gasteiger partial charge in [0.15, 0.2) is 5.96 Å². The fourth-order valence-corrected chi connectivity index (χ4v) is 7.00. The Kier molecular flexibility index (Phi) is 7.84. The van der Waals surface area contributed by atoms with E-state index in [0.717, 1.165) is 31.8 Å². The highest BCUT2D eigenvalue weighted by molar-refractivity contribution is 7.89. The lowest BCUT2D eigenvalue weighted by Crippen LogP contribution is -2.67. The SMILES string of the molecule is CCCS(=O)(=O)N1CCC(NC(=NC)NC2CC(OCC)C23CCCCC3)CC1. The first-order valence-corrected chi connectivity index (χ1v) is 13.2. The second-order valence-electron chi connectivity index (χ2n) is 8.88. The minimum Gasteiger partial charge on any atom is -0.378 e. The monoisotopic (exact) mass is 428 g/mol. The van der Waals surface area contributed by atoms with Crippen LogP contribution >= 0.6 is 0 Å². The highest BCUT2D eigenvalue weighted by Gasteiger charge is 2.55. The van der Waals surface area contributed by atoms with Gasteiger partial charge in [-0.15, -0.1) is 0 Å². The van der Waals surface area contributed by atoms with Crippen molar-refractivity contribution in [3.05, 3.63) is 0 Å². The molecule has 0 aromatic carbocycles. The normalized spacial score (nSPS) is 28.9. The zero-order valence-electron chi connectivity index (χ0n) is 18.5. The van der Waals surface area contributed by atoms with Crippen LogP contribution in [0.5, 0.6) is 0 Å². The first-order valence-electron chi connectivity index (χ1n) is 11.5. The van der Waals surface area contributed by atoms with Gasteiger partial charge in [-0.05, 0) is 45.4 Å². The highest BCUT2D eigenvalue weighted by atomic mass is 32.2. The topological polar surface area (TPSA) is 83.0 Å². The van der Waals surface area contributed by atoms with E-state index in [4.69, 9.17) is 4.74 Å². The smallest absolute Gasteiger partial charge is 0.214 e. The molecule has 0 amide bonds. The molecule has 0 aromatic heterocycles. The van der Waals surface area contributed by atoms with Crippen molar-refractivity contribution in [1.29, 1.82) is 0 Å².